The Morgan fingerprint density at radius 1 is 0.950 bits per heavy atom. The molecule has 0 saturated heterocycles. The highest BCUT2D eigenvalue weighted by molar-refractivity contribution is 6.02. The Morgan fingerprint density at radius 2 is 1.60 bits per heavy atom. The Morgan fingerprint density at radius 3 is 2.30 bits per heavy atom. The molecule has 0 aliphatic rings. The van der Waals surface area contributed by atoms with Gasteiger partial charge in [-0.2, -0.15) is 0 Å². The number of Topliss-reactive ketones (excluding diaryl/α,β-unsaturated/α-hetero) is 1. The van der Waals surface area contributed by atoms with E-state index >= 15 is 0 Å². The topological polar surface area (TPSA) is 29.1 Å². The number of nitrogens with one attached hydrogen (secondary N) is 1. The van der Waals surface area contributed by atoms with Gasteiger partial charge in [-0.05, 0) is 43.2 Å². The molecule has 0 unspecified atom stereocenters. The smallest absolute Gasteiger partial charge is 0.167 e. The van der Waals surface area contributed by atoms with Crippen molar-refractivity contribution in [3.8, 4) is 0 Å². The van der Waals surface area contributed by atoms with Crippen LogP contribution >= 0.6 is 0 Å². The molecule has 0 saturated carbocycles. The fourth-order valence-electron chi connectivity index (χ4n) is 2.15. The van der Waals surface area contributed by atoms with Crippen LogP contribution in [-0.2, 0) is 0 Å². The second kappa shape index (κ2) is 5.91. The third-order valence-electron chi connectivity index (χ3n) is 3.59. The van der Waals surface area contributed by atoms with Crippen molar-refractivity contribution in [1.82, 2.24) is 0 Å². The molecule has 20 heavy (non-hydrogen) atoms. The Hall–Kier alpha value is -2.09. The molecule has 0 radical (unpaired) electrons. The second-order valence-corrected chi connectivity index (χ2v) is 5.44. The maximum atomic E-state index is 12.3. The predicted molar refractivity (Wildman–Crippen MR) is 84.8 cm³/mol. The largest absolute Gasteiger partial charge is 0.355 e. The first kappa shape index (κ1) is 14.3. The quantitative estimate of drug-likeness (QED) is 0.799. The molecule has 2 aromatic carbocycles. The average Bonchev–Trinajstić information content (AvgIpc) is 2.43. The number of hydrogen-bond donors (Lipinski definition) is 1. The van der Waals surface area contributed by atoms with Crippen molar-refractivity contribution in [1.29, 1.82) is 0 Å². The van der Waals surface area contributed by atoms with Crippen LogP contribution in [0.1, 0.15) is 35.3 Å². The summed E-state index contributed by atoms with van der Waals surface area (Å²) >= 11 is 0. The molecule has 0 fully saturated rings. The summed E-state index contributed by atoms with van der Waals surface area (Å²) in [5.74, 6) is 0.162. The monoisotopic (exact) mass is 267 g/mol. The van der Waals surface area contributed by atoms with Gasteiger partial charge in [-0.3, -0.25) is 4.79 Å². The highest BCUT2D eigenvalue weighted by atomic mass is 16.1. The van der Waals surface area contributed by atoms with Gasteiger partial charge in [-0.25, -0.2) is 0 Å². The van der Waals surface area contributed by atoms with E-state index in [1.54, 1.807) is 0 Å². The maximum absolute atomic E-state index is 12.3. The summed E-state index contributed by atoms with van der Waals surface area (Å²) in [6, 6.07) is 13.9. The van der Waals surface area contributed by atoms with E-state index in [-0.39, 0.29) is 11.7 Å². The van der Waals surface area contributed by atoms with Gasteiger partial charge in [0.05, 0.1) is 0 Å². The Kier molecular flexibility index (Phi) is 4.23. The Balaban J connectivity index is 2.39. The minimum Gasteiger partial charge on any atom is -0.355 e. The number of hydrogen-bond acceptors (Lipinski definition) is 2. The van der Waals surface area contributed by atoms with E-state index in [1.165, 1.54) is 11.1 Å². The van der Waals surface area contributed by atoms with Crippen molar-refractivity contribution in [2.24, 2.45) is 5.92 Å². The van der Waals surface area contributed by atoms with Crippen molar-refractivity contribution in [3.63, 3.8) is 0 Å². The van der Waals surface area contributed by atoms with E-state index in [1.807, 2.05) is 50.2 Å². The zero-order valence-corrected chi connectivity index (χ0v) is 12.5. The first-order chi connectivity index (χ1) is 9.50. The molecule has 2 nitrogen and oxygen atoms in total. The molecule has 2 rings (SSSR count). The van der Waals surface area contributed by atoms with Gasteiger partial charge in [0.15, 0.2) is 5.78 Å². The van der Waals surface area contributed by atoms with E-state index in [9.17, 15) is 4.79 Å². The molecule has 0 aliphatic carbocycles. The van der Waals surface area contributed by atoms with Crippen LogP contribution in [0, 0.1) is 19.8 Å². The van der Waals surface area contributed by atoms with Crippen LogP contribution < -0.4 is 5.32 Å². The minimum atomic E-state index is -0.00319. The first-order valence-electron chi connectivity index (χ1n) is 6.97. The predicted octanol–water partition coefficient (Wildman–Crippen LogP) is 4.89. The summed E-state index contributed by atoms with van der Waals surface area (Å²) in [7, 11) is 0. The number of carbonyl (C=O) groups is 1. The van der Waals surface area contributed by atoms with Crippen LogP contribution in [0.25, 0.3) is 0 Å². The molecule has 2 heteroatoms. The lowest BCUT2D eigenvalue weighted by molar-refractivity contribution is 0.0940. The molecule has 1 N–H and O–H groups in total. The van der Waals surface area contributed by atoms with Crippen molar-refractivity contribution in [3.05, 3.63) is 59.2 Å². The van der Waals surface area contributed by atoms with Gasteiger partial charge in [-0.1, -0.05) is 38.1 Å². The lowest BCUT2D eigenvalue weighted by Crippen LogP contribution is -2.10. The van der Waals surface area contributed by atoms with E-state index in [0.717, 1.165) is 16.9 Å². The Labute approximate surface area is 120 Å². The minimum absolute atomic E-state index is 0.00319. The number of para-hydroxylation sites is 1. The van der Waals surface area contributed by atoms with Crippen LogP contribution in [-0.4, -0.2) is 5.78 Å². The van der Waals surface area contributed by atoms with Crippen LogP contribution in [0.2, 0.25) is 0 Å². The number of anilines is 2. The lowest BCUT2D eigenvalue weighted by atomic mass is 9.99. The van der Waals surface area contributed by atoms with Crippen molar-refractivity contribution < 1.29 is 4.79 Å². The van der Waals surface area contributed by atoms with Crippen LogP contribution in [0.5, 0.6) is 0 Å². The molecule has 0 spiro atoms. The number of carbonyl (C=O) groups excluding carboxylic acids is 1. The third-order valence-corrected chi connectivity index (χ3v) is 3.59. The van der Waals surface area contributed by atoms with Crippen LogP contribution in [0.4, 0.5) is 11.4 Å². The molecule has 0 aliphatic heterocycles. The van der Waals surface area contributed by atoms with Crippen molar-refractivity contribution in [2.75, 3.05) is 5.32 Å². The highest BCUT2D eigenvalue weighted by Gasteiger charge is 2.14. The number of aryl methyl sites for hydroxylation is 1. The molecular formula is C18H21NO. The van der Waals surface area contributed by atoms with Gasteiger partial charge in [0, 0.05) is 22.9 Å². The Bertz CT molecular complexity index is 629. The van der Waals surface area contributed by atoms with E-state index in [0.29, 0.717) is 0 Å². The number of rotatable bonds is 4. The fraction of sp³-hybridized carbons (Fsp3) is 0.278. The summed E-state index contributed by atoms with van der Waals surface area (Å²) < 4.78 is 0. The summed E-state index contributed by atoms with van der Waals surface area (Å²) in [6.45, 7) is 8.03. The van der Waals surface area contributed by atoms with Gasteiger partial charge < -0.3 is 5.32 Å². The van der Waals surface area contributed by atoms with E-state index < -0.39 is 0 Å². The van der Waals surface area contributed by atoms with Crippen molar-refractivity contribution >= 4 is 17.2 Å². The SMILES string of the molecule is Cc1cccc(Nc2ccccc2C(=O)C(C)C)c1C. The third kappa shape index (κ3) is 2.90. The average molecular weight is 267 g/mol. The van der Waals surface area contributed by atoms with Crippen molar-refractivity contribution in [2.45, 2.75) is 27.7 Å². The molecule has 0 aromatic heterocycles. The summed E-state index contributed by atoms with van der Waals surface area (Å²) in [5, 5.41) is 3.40. The van der Waals surface area contributed by atoms with Gasteiger partial charge in [0.2, 0.25) is 0 Å². The molecule has 2 aromatic rings. The molecule has 0 bridgehead atoms. The molecule has 0 atom stereocenters. The van der Waals surface area contributed by atoms with Gasteiger partial charge in [0.1, 0.15) is 0 Å². The summed E-state index contributed by atoms with van der Waals surface area (Å²) in [5.41, 5.74) is 5.12. The van der Waals surface area contributed by atoms with Gasteiger partial charge in [0.25, 0.3) is 0 Å². The lowest BCUT2D eigenvalue weighted by Gasteiger charge is -2.15. The second-order valence-electron chi connectivity index (χ2n) is 5.44. The van der Waals surface area contributed by atoms with E-state index in [4.69, 9.17) is 0 Å². The fourth-order valence-corrected chi connectivity index (χ4v) is 2.15. The zero-order valence-electron chi connectivity index (χ0n) is 12.5. The molecule has 0 heterocycles. The molecule has 104 valence electrons. The summed E-state index contributed by atoms with van der Waals surface area (Å²) in [4.78, 5) is 12.3. The molecule has 0 amide bonds. The number of benzene rings is 2. The normalized spacial score (nSPS) is 10.7. The summed E-state index contributed by atoms with van der Waals surface area (Å²) in [6.07, 6.45) is 0. The van der Waals surface area contributed by atoms with Gasteiger partial charge in [-0.15, -0.1) is 0 Å². The van der Waals surface area contributed by atoms with E-state index in [2.05, 4.69) is 25.2 Å². The maximum Gasteiger partial charge on any atom is 0.167 e. The first-order valence-corrected chi connectivity index (χ1v) is 6.97. The molecular weight excluding hydrogens is 246 g/mol. The zero-order chi connectivity index (χ0) is 14.7. The van der Waals surface area contributed by atoms with Crippen LogP contribution in [0.15, 0.2) is 42.5 Å². The highest BCUT2D eigenvalue weighted by Crippen LogP contribution is 2.26. The van der Waals surface area contributed by atoms with Gasteiger partial charge >= 0.3 is 0 Å². The number of ketones is 1. The standard InChI is InChI=1S/C18H21NO/c1-12(2)18(20)15-9-5-6-10-17(15)19-16-11-7-8-13(3)14(16)4/h5-12,19H,1-4H3. The van der Waals surface area contributed by atoms with Crippen LogP contribution in [0.3, 0.4) is 0 Å².